The third kappa shape index (κ3) is 3.76. The van der Waals surface area contributed by atoms with Gasteiger partial charge in [-0.1, -0.05) is 37.3 Å². The van der Waals surface area contributed by atoms with E-state index in [4.69, 9.17) is 5.73 Å². The Kier molecular flexibility index (Phi) is 4.85. The average Bonchev–Trinajstić information content (AvgIpc) is 2.85. The van der Waals surface area contributed by atoms with Crippen LogP contribution in [0.2, 0.25) is 0 Å². The number of nitrogens with one attached hydrogen (secondary N) is 1. The van der Waals surface area contributed by atoms with Gasteiger partial charge in [0, 0.05) is 20.6 Å². The van der Waals surface area contributed by atoms with Crippen molar-refractivity contribution in [2.24, 2.45) is 0 Å². The lowest BCUT2D eigenvalue weighted by atomic mass is 10.0. The summed E-state index contributed by atoms with van der Waals surface area (Å²) >= 11 is 1.41. The Morgan fingerprint density at radius 2 is 2.00 bits per heavy atom. The number of anilines is 2. The van der Waals surface area contributed by atoms with Crippen molar-refractivity contribution in [2.45, 2.75) is 12.8 Å². The lowest BCUT2D eigenvalue weighted by molar-refractivity contribution is 0.0833. The Balaban J connectivity index is 2.01. The van der Waals surface area contributed by atoms with Crippen molar-refractivity contribution in [3.8, 4) is 0 Å². The zero-order valence-corrected chi connectivity index (χ0v) is 13.4. The highest BCUT2D eigenvalue weighted by atomic mass is 32.1. The van der Waals surface area contributed by atoms with Gasteiger partial charge in [0.05, 0.1) is 10.7 Å². The van der Waals surface area contributed by atoms with Gasteiger partial charge in [-0.3, -0.25) is 4.79 Å². The Labute approximate surface area is 129 Å². The van der Waals surface area contributed by atoms with Crippen molar-refractivity contribution in [3.05, 3.63) is 46.8 Å². The summed E-state index contributed by atoms with van der Waals surface area (Å²) in [5, 5.41) is 4.30. The highest BCUT2D eigenvalue weighted by Gasteiger charge is 2.16. The second kappa shape index (κ2) is 6.63. The number of nitrogens with zero attached hydrogens (tertiary/aromatic N) is 1. The summed E-state index contributed by atoms with van der Waals surface area (Å²) in [6.45, 7) is 2.98. The standard InChI is InChI=1S/C16H21N3OS/c1-11(12-7-5-4-6-8-12)10-18-14-9-13(17)15(21-14)16(20)19(2)3/h4-9,11,18H,10,17H2,1-3H3. The zero-order chi connectivity index (χ0) is 15.4. The molecule has 1 aromatic carbocycles. The molecule has 0 aliphatic carbocycles. The van der Waals surface area contributed by atoms with E-state index < -0.39 is 0 Å². The lowest BCUT2D eigenvalue weighted by Gasteiger charge is -2.12. The number of thiophene rings is 1. The van der Waals surface area contributed by atoms with E-state index in [1.165, 1.54) is 16.9 Å². The lowest BCUT2D eigenvalue weighted by Crippen LogP contribution is -2.21. The molecule has 2 rings (SSSR count). The highest BCUT2D eigenvalue weighted by Crippen LogP contribution is 2.30. The number of rotatable bonds is 5. The van der Waals surface area contributed by atoms with Gasteiger partial charge in [-0.2, -0.15) is 0 Å². The van der Waals surface area contributed by atoms with Crippen LogP contribution in [0.5, 0.6) is 0 Å². The molecule has 0 saturated heterocycles. The fourth-order valence-electron chi connectivity index (χ4n) is 2.02. The van der Waals surface area contributed by atoms with E-state index in [-0.39, 0.29) is 5.91 Å². The Bertz CT molecular complexity index is 607. The molecule has 0 radical (unpaired) electrons. The maximum atomic E-state index is 12.0. The molecule has 1 atom stereocenters. The predicted molar refractivity (Wildman–Crippen MR) is 90.1 cm³/mol. The molecular weight excluding hydrogens is 282 g/mol. The Morgan fingerprint density at radius 3 is 2.62 bits per heavy atom. The molecule has 0 bridgehead atoms. The number of carbonyl (C=O) groups excluding carboxylic acids is 1. The molecule has 2 aromatic rings. The van der Waals surface area contributed by atoms with E-state index in [2.05, 4.69) is 24.4 Å². The number of amides is 1. The third-order valence-corrected chi connectivity index (χ3v) is 4.41. The molecule has 1 heterocycles. The Hall–Kier alpha value is -2.01. The summed E-state index contributed by atoms with van der Waals surface area (Å²) < 4.78 is 0. The van der Waals surface area contributed by atoms with E-state index >= 15 is 0 Å². The predicted octanol–water partition coefficient (Wildman–Crippen LogP) is 3.25. The van der Waals surface area contributed by atoms with Gasteiger partial charge in [-0.15, -0.1) is 11.3 Å². The molecule has 1 unspecified atom stereocenters. The van der Waals surface area contributed by atoms with Crippen LogP contribution in [0.1, 0.15) is 28.1 Å². The quantitative estimate of drug-likeness (QED) is 0.891. The molecule has 21 heavy (non-hydrogen) atoms. The summed E-state index contributed by atoms with van der Waals surface area (Å²) in [7, 11) is 3.46. The normalized spacial score (nSPS) is 12.0. The molecule has 0 spiro atoms. The maximum Gasteiger partial charge on any atom is 0.265 e. The summed E-state index contributed by atoms with van der Waals surface area (Å²) in [4.78, 5) is 14.1. The zero-order valence-electron chi connectivity index (χ0n) is 12.6. The van der Waals surface area contributed by atoms with Crippen LogP contribution >= 0.6 is 11.3 Å². The van der Waals surface area contributed by atoms with Crippen molar-refractivity contribution in [1.82, 2.24) is 4.90 Å². The van der Waals surface area contributed by atoms with Crippen LogP contribution in [0.25, 0.3) is 0 Å². The molecule has 112 valence electrons. The van der Waals surface area contributed by atoms with Crippen LogP contribution in [0.15, 0.2) is 36.4 Å². The number of nitrogens with two attached hydrogens (primary N) is 1. The summed E-state index contributed by atoms with van der Waals surface area (Å²) in [6.07, 6.45) is 0. The molecule has 5 heteroatoms. The van der Waals surface area contributed by atoms with Crippen LogP contribution in [0.3, 0.4) is 0 Å². The van der Waals surface area contributed by atoms with E-state index in [0.717, 1.165) is 11.5 Å². The van der Waals surface area contributed by atoms with Gasteiger partial charge in [-0.25, -0.2) is 0 Å². The van der Waals surface area contributed by atoms with Gasteiger partial charge in [0.1, 0.15) is 4.88 Å². The average molecular weight is 303 g/mol. The van der Waals surface area contributed by atoms with Gasteiger partial charge in [0.25, 0.3) is 5.91 Å². The first-order chi connectivity index (χ1) is 9.99. The fraction of sp³-hybridized carbons (Fsp3) is 0.312. The molecular formula is C16H21N3OS. The van der Waals surface area contributed by atoms with E-state index in [1.54, 1.807) is 19.0 Å². The van der Waals surface area contributed by atoms with Crippen LogP contribution in [-0.4, -0.2) is 31.4 Å². The SMILES string of the molecule is CC(CNc1cc(N)c(C(=O)N(C)C)s1)c1ccccc1. The van der Waals surface area contributed by atoms with E-state index in [0.29, 0.717) is 16.5 Å². The van der Waals surface area contributed by atoms with Crippen LogP contribution < -0.4 is 11.1 Å². The number of carbonyl (C=O) groups is 1. The van der Waals surface area contributed by atoms with Crippen molar-refractivity contribution < 1.29 is 4.79 Å². The fourth-order valence-corrected chi connectivity index (χ4v) is 3.02. The van der Waals surface area contributed by atoms with Gasteiger partial charge in [0.2, 0.25) is 0 Å². The van der Waals surface area contributed by atoms with Crippen molar-refractivity contribution in [3.63, 3.8) is 0 Å². The van der Waals surface area contributed by atoms with Crippen molar-refractivity contribution in [2.75, 3.05) is 31.7 Å². The summed E-state index contributed by atoms with van der Waals surface area (Å²) in [5.74, 6) is 0.337. The monoisotopic (exact) mass is 303 g/mol. The van der Waals surface area contributed by atoms with Gasteiger partial charge in [-0.05, 0) is 17.5 Å². The minimum Gasteiger partial charge on any atom is -0.397 e. The molecule has 3 N–H and O–H groups in total. The molecule has 1 aromatic heterocycles. The summed E-state index contributed by atoms with van der Waals surface area (Å²) in [5.41, 5.74) is 7.75. The number of nitrogen functional groups attached to an aromatic ring is 1. The smallest absolute Gasteiger partial charge is 0.265 e. The van der Waals surface area contributed by atoms with Gasteiger partial charge >= 0.3 is 0 Å². The van der Waals surface area contributed by atoms with Gasteiger partial charge in [0.15, 0.2) is 0 Å². The number of benzene rings is 1. The first-order valence-corrected chi connectivity index (χ1v) is 7.70. The van der Waals surface area contributed by atoms with Crippen LogP contribution in [0, 0.1) is 0 Å². The second-order valence-electron chi connectivity index (χ2n) is 5.29. The van der Waals surface area contributed by atoms with Crippen molar-refractivity contribution >= 4 is 27.9 Å². The molecule has 0 aliphatic rings. The van der Waals surface area contributed by atoms with E-state index in [1.807, 2.05) is 24.3 Å². The molecule has 0 fully saturated rings. The molecule has 1 amide bonds. The van der Waals surface area contributed by atoms with Gasteiger partial charge < -0.3 is 16.0 Å². The van der Waals surface area contributed by atoms with Crippen LogP contribution in [0.4, 0.5) is 10.7 Å². The Morgan fingerprint density at radius 1 is 1.33 bits per heavy atom. The largest absolute Gasteiger partial charge is 0.397 e. The minimum absolute atomic E-state index is 0.0540. The number of hydrogen-bond acceptors (Lipinski definition) is 4. The number of hydrogen-bond donors (Lipinski definition) is 2. The maximum absolute atomic E-state index is 12.0. The third-order valence-electron chi connectivity index (χ3n) is 3.31. The summed E-state index contributed by atoms with van der Waals surface area (Å²) in [6, 6.07) is 12.2. The molecule has 0 aliphatic heterocycles. The first kappa shape index (κ1) is 15.4. The molecule has 0 saturated carbocycles. The topological polar surface area (TPSA) is 58.4 Å². The first-order valence-electron chi connectivity index (χ1n) is 6.88. The minimum atomic E-state index is -0.0540. The highest BCUT2D eigenvalue weighted by molar-refractivity contribution is 7.18. The van der Waals surface area contributed by atoms with Crippen LogP contribution in [-0.2, 0) is 0 Å². The molecule has 4 nitrogen and oxygen atoms in total. The second-order valence-corrected chi connectivity index (χ2v) is 6.34. The van der Waals surface area contributed by atoms with E-state index in [9.17, 15) is 4.79 Å². The van der Waals surface area contributed by atoms with Crippen molar-refractivity contribution in [1.29, 1.82) is 0 Å².